The van der Waals surface area contributed by atoms with Crippen molar-refractivity contribution in [1.29, 1.82) is 5.26 Å². The van der Waals surface area contributed by atoms with Crippen molar-refractivity contribution in [3.8, 4) is 11.8 Å². The monoisotopic (exact) mass is 353 g/mol. The van der Waals surface area contributed by atoms with Crippen LogP contribution in [0.15, 0.2) is 42.5 Å². The Balaban J connectivity index is 1.61. The first-order chi connectivity index (χ1) is 12.6. The molecule has 6 heteroatoms. The summed E-state index contributed by atoms with van der Waals surface area (Å²) in [6.45, 7) is 3.15. The number of carbonyl (C=O) groups excluding carboxylic acids is 1. The number of ether oxygens (including phenoxy) is 1. The van der Waals surface area contributed by atoms with E-state index in [2.05, 4.69) is 11.0 Å². The number of benzene rings is 2. The van der Waals surface area contributed by atoms with E-state index >= 15 is 0 Å². The minimum absolute atomic E-state index is 0.0647. The third-order valence-corrected chi connectivity index (χ3v) is 4.53. The molecule has 5 nitrogen and oxygen atoms in total. The molecule has 0 bridgehead atoms. The van der Waals surface area contributed by atoms with Crippen LogP contribution in [0.5, 0.6) is 5.75 Å². The fourth-order valence-electron chi connectivity index (χ4n) is 3.13. The second-order valence-electron chi connectivity index (χ2n) is 6.22. The van der Waals surface area contributed by atoms with E-state index in [4.69, 9.17) is 10.00 Å². The van der Waals surface area contributed by atoms with Gasteiger partial charge in [0.15, 0.2) is 0 Å². The molecule has 134 valence electrons. The Hall–Kier alpha value is -2.91. The molecule has 1 saturated heterocycles. The van der Waals surface area contributed by atoms with Gasteiger partial charge in [0.05, 0.1) is 18.7 Å². The van der Waals surface area contributed by atoms with Crippen molar-refractivity contribution >= 4 is 5.91 Å². The fraction of sp³-hybridized carbons (Fsp3) is 0.300. The van der Waals surface area contributed by atoms with E-state index in [0.717, 1.165) is 5.56 Å². The van der Waals surface area contributed by atoms with E-state index in [-0.39, 0.29) is 11.7 Å². The quantitative estimate of drug-likeness (QED) is 0.848. The van der Waals surface area contributed by atoms with E-state index < -0.39 is 0 Å². The molecule has 2 aromatic rings. The van der Waals surface area contributed by atoms with Crippen molar-refractivity contribution in [2.45, 2.75) is 6.54 Å². The molecule has 0 atom stereocenters. The summed E-state index contributed by atoms with van der Waals surface area (Å²) in [7, 11) is 1.57. The van der Waals surface area contributed by atoms with Crippen LogP contribution in [0, 0.1) is 17.1 Å². The zero-order valence-electron chi connectivity index (χ0n) is 14.6. The van der Waals surface area contributed by atoms with Crippen LogP contribution < -0.4 is 4.74 Å². The summed E-state index contributed by atoms with van der Waals surface area (Å²) in [5, 5.41) is 8.97. The number of hydrogen-bond donors (Lipinski definition) is 0. The van der Waals surface area contributed by atoms with Gasteiger partial charge in [0, 0.05) is 43.9 Å². The van der Waals surface area contributed by atoms with Gasteiger partial charge >= 0.3 is 0 Å². The molecule has 1 aliphatic rings. The molecule has 1 fully saturated rings. The van der Waals surface area contributed by atoms with Crippen molar-refractivity contribution < 1.29 is 13.9 Å². The average molecular weight is 353 g/mol. The van der Waals surface area contributed by atoms with Crippen molar-refractivity contribution in [3.63, 3.8) is 0 Å². The highest BCUT2D eigenvalue weighted by Gasteiger charge is 2.23. The summed E-state index contributed by atoms with van der Waals surface area (Å²) in [5.74, 6) is 0.315. The smallest absolute Gasteiger partial charge is 0.253 e. The lowest BCUT2D eigenvalue weighted by Crippen LogP contribution is -2.48. The molecule has 3 rings (SSSR count). The zero-order valence-corrected chi connectivity index (χ0v) is 14.6. The Morgan fingerprint density at radius 2 is 1.96 bits per heavy atom. The molecule has 1 heterocycles. The molecule has 26 heavy (non-hydrogen) atoms. The minimum Gasteiger partial charge on any atom is -0.496 e. The van der Waals surface area contributed by atoms with Crippen molar-refractivity contribution in [2.75, 3.05) is 33.3 Å². The number of halogens is 1. The average Bonchev–Trinajstić information content (AvgIpc) is 2.68. The number of amides is 1. The topological polar surface area (TPSA) is 56.6 Å². The number of nitriles is 1. The summed E-state index contributed by atoms with van der Waals surface area (Å²) in [5.41, 5.74) is 1.81. The predicted octanol–water partition coefficient (Wildman–Crippen LogP) is 2.66. The Morgan fingerprint density at radius 3 is 2.65 bits per heavy atom. The second-order valence-corrected chi connectivity index (χ2v) is 6.22. The van der Waals surface area contributed by atoms with Crippen molar-refractivity contribution in [3.05, 3.63) is 65.0 Å². The molecule has 1 amide bonds. The minimum atomic E-state index is -0.285. The summed E-state index contributed by atoms with van der Waals surface area (Å²) in [6.07, 6.45) is 0. The van der Waals surface area contributed by atoms with Gasteiger partial charge in [0.2, 0.25) is 0 Å². The summed E-state index contributed by atoms with van der Waals surface area (Å²) < 4.78 is 18.8. The first kappa shape index (κ1) is 17.9. The molecule has 0 aliphatic carbocycles. The lowest BCUT2D eigenvalue weighted by molar-refractivity contribution is 0.0627. The second kappa shape index (κ2) is 7.98. The van der Waals surface area contributed by atoms with Gasteiger partial charge in [-0.3, -0.25) is 9.69 Å². The molecule has 0 saturated carbocycles. The van der Waals surface area contributed by atoms with Gasteiger partial charge in [-0.2, -0.15) is 5.26 Å². The first-order valence-corrected chi connectivity index (χ1v) is 8.45. The van der Waals surface area contributed by atoms with Crippen molar-refractivity contribution in [1.82, 2.24) is 9.80 Å². The number of hydrogen-bond acceptors (Lipinski definition) is 4. The number of piperazine rings is 1. The largest absolute Gasteiger partial charge is 0.496 e. The van der Waals surface area contributed by atoms with Crippen LogP contribution in [0.3, 0.4) is 0 Å². The number of nitrogens with zero attached hydrogens (tertiary/aromatic N) is 3. The van der Waals surface area contributed by atoms with Crippen LogP contribution in [-0.2, 0) is 6.54 Å². The van der Waals surface area contributed by atoms with Gasteiger partial charge in [-0.25, -0.2) is 4.39 Å². The number of carbonyl (C=O) groups is 1. The Kier molecular flexibility index (Phi) is 5.49. The van der Waals surface area contributed by atoms with E-state index in [1.807, 2.05) is 0 Å². The van der Waals surface area contributed by atoms with Crippen molar-refractivity contribution in [2.24, 2.45) is 0 Å². The van der Waals surface area contributed by atoms with Crippen LogP contribution in [0.2, 0.25) is 0 Å². The summed E-state index contributed by atoms with van der Waals surface area (Å²) in [4.78, 5) is 16.6. The molecule has 0 N–H and O–H groups in total. The summed E-state index contributed by atoms with van der Waals surface area (Å²) in [6, 6.07) is 13.3. The van der Waals surface area contributed by atoms with E-state index in [0.29, 0.717) is 49.6 Å². The van der Waals surface area contributed by atoms with Crippen LogP contribution in [0.25, 0.3) is 0 Å². The van der Waals surface area contributed by atoms with Gasteiger partial charge < -0.3 is 9.64 Å². The number of methoxy groups -OCH3 is 1. The third-order valence-electron chi connectivity index (χ3n) is 4.53. The van der Waals surface area contributed by atoms with E-state index in [1.165, 1.54) is 12.1 Å². The van der Waals surface area contributed by atoms with Gasteiger partial charge in [-0.1, -0.05) is 6.07 Å². The maximum atomic E-state index is 13.5. The van der Waals surface area contributed by atoms with Gasteiger partial charge in [0.1, 0.15) is 11.6 Å². The van der Waals surface area contributed by atoms with E-state index in [1.54, 1.807) is 42.3 Å². The predicted molar refractivity (Wildman–Crippen MR) is 95.3 cm³/mol. The van der Waals surface area contributed by atoms with E-state index in [9.17, 15) is 9.18 Å². The van der Waals surface area contributed by atoms with Gasteiger partial charge in [-0.15, -0.1) is 0 Å². The highest BCUT2D eigenvalue weighted by Crippen LogP contribution is 2.22. The molecule has 0 aromatic heterocycles. The molecule has 0 radical (unpaired) electrons. The standard InChI is InChI=1S/C20H20FN3O2/c1-26-19-6-5-18(21)12-17(19)14-23-7-9-24(10-8-23)20(25)16-4-2-3-15(11-16)13-22/h2-6,11-12H,7-10,14H2,1H3. The highest BCUT2D eigenvalue weighted by molar-refractivity contribution is 5.94. The van der Waals surface area contributed by atoms with Gasteiger partial charge in [-0.05, 0) is 36.4 Å². The normalized spacial score (nSPS) is 14.7. The number of rotatable bonds is 4. The van der Waals surface area contributed by atoms with Crippen LogP contribution >= 0.6 is 0 Å². The Labute approximate surface area is 152 Å². The van der Waals surface area contributed by atoms with Crippen LogP contribution in [-0.4, -0.2) is 49.0 Å². The lowest BCUT2D eigenvalue weighted by Gasteiger charge is -2.35. The first-order valence-electron chi connectivity index (χ1n) is 8.45. The van der Waals surface area contributed by atoms with Gasteiger partial charge in [0.25, 0.3) is 5.91 Å². The zero-order chi connectivity index (χ0) is 18.5. The molecular formula is C20H20FN3O2. The Morgan fingerprint density at radius 1 is 1.19 bits per heavy atom. The molecular weight excluding hydrogens is 333 g/mol. The maximum absolute atomic E-state index is 13.5. The fourth-order valence-corrected chi connectivity index (χ4v) is 3.13. The molecule has 0 unspecified atom stereocenters. The molecule has 0 spiro atoms. The Bertz CT molecular complexity index is 839. The van der Waals surface area contributed by atoms with Crippen LogP contribution in [0.4, 0.5) is 4.39 Å². The van der Waals surface area contributed by atoms with Crippen LogP contribution in [0.1, 0.15) is 21.5 Å². The molecule has 2 aromatic carbocycles. The highest BCUT2D eigenvalue weighted by atomic mass is 19.1. The molecule has 1 aliphatic heterocycles. The maximum Gasteiger partial charge on any atom is 0.253 e. The lowest BCUT2D eigenvalue weighted by atomic mass is 10.1. The SMILES string of the molecule is COc1ccc(F)cc1CN1CCN(C(=O)c2cccc(C#N)c2)CC1. The summed E-state index contributed by atoms with van der Waals surface area (Å²) >= 11 is 0. The third kappa shape index (κ3) is 4.01.